The van der Waals surface area contributed by atoms with E-state index in [1.807, 2.05) is 24.3 Å². The quantitative estimate of drug-likeness (QED) is 0.789. The summed E-state index contributed by atoms with van der Waals surface area (Å²) in [7, 11) is 0. The van der Waals surface area contributed by atoms with Crippen LogP contribution in [0.1, 0.15) is 12.0 Å². The molecule has 4 heteroatoms. The van der Waals surface area contributed by atoms with E-state index in [0.29, 0.717) is 6.54 Å². The second kappa shape index (κ2) is 6.12. The predicted octanol–water partition coefficient (Wildman–Crippen LogP) is 2.21. The van der Waals surface area contributed by atoms with Gasteiger partial charge in [-0.05, 0) is 37.6 Å². The first-order chi connectivity index (χ1) is 8.81. The molecule has 4 nitrogen and oxygen atoms in total. The van der Waals surface area contributed by atoms with Crippen molar-refractivity contribution in [3.05, 3.63) is 42.0 Å². The summed E-state index contributed by atoms with van der Waals surface area (Å²) in [5, 5.41) is 11.6. The minimum absolute atomic E-state index is 0.682. The number of nitrogens with one attached hydrogen (secondary N) is 1. The van der Waals surface area contributed by atoms with Crippen molar-refractivity contribution in [1.29, 1.82) is 0 Å². The zero-order chi connectivity index (χ0) is 12.8. The van der Waals surface area contributed by atoms with E-state index in [1.54, 1.807) is 0 Å². The molecule has 0 fully saturated rings. The lowest BCUT2D eigenvalue weighted by molar-refractivity contribution is 0.864. The van der Waals surface area contributed by atoms with Gasteiger partial charge in [-0.1, -0.05) is 24.3 Å². The SMILES string of the molecule is Cc1ccccc1-c1ccc(NCCCN)nn1. The molecule has 2 rings (SSSR count). The van der Waals surface area contributed by atoms with Crippen LogP contribution in [0.5, 0.6) is 0 Å². The molecule has 0 radical (unpaired) electrons. The molecule has 3 N–H and O–H groups in total. The molecule has 0 amide bonds. The topological polar surface area (TPSA) is 63.8 Å². The number of benzene rings is 1. The van der Waals surface area contributed by atoms with E-state index in [0.717, 1.165) is 30.0 Å². The summed E-state index contributed by atoms with van der Waals surface area (Å²) >= 11 is 0. The van der Waals surface area contributed by atoms with E-state index in [-0.39, 0.29) is 0 Å². The second-order valence-electron chi connectivity index (χ2n) is 4.19. The lowest BCUT2D eigenvalue weighted by Gasteiger charge is -2.06. The number of anilines is 1. The molecule has 94 valence electrons. The van der Waals surface area contributed by atoms with Crippen LogP contribution in [0.3, 0.4) is 0 Å². The zero-order valence-electron chi connectivity index (χ0n) is 10.6. The van der Waals surface area contributed by atoms with Crippen molar-refractivity contribution in [2.45, 2.75) is 13.3 Å². The highest BCUT2D eigenvalue weighted by atomic mass is 15.2. The average Bonchev–Trinajstić information content (AvgIpc) is 2.41. The molecule has 0 aliphatic carbocycles. The van der Waals surface area contributed by atoms with Gasteiger partial charge in [0.2, 0.25) is 0 Å². The molecule has 0 unspecified atom stereocenters. The number of hydrogen-bond acceptors (Lipinski definition) is 4. The summed E-state index contributed by atoms with van der Waals surface area (Å²) in [6.07, 6.45) is 0.932. The molecule has 0 saturated heterocycles. The van der Waals surface area contributed by atoms with Gasteiger partial charge in [-0.25, -0.2) is 0 Å². The van der Waals surface area contributed by atoms with Crippen molar-refractivity contribution in [3.63, 3.8) is 0 Å². The van der Waals surface area contributed by atoms with Crippen molar-refractivity contribution in [1.82, 2.24) is 10.2 Å². The van der Waals surface area contributed by atoms with Gasteiger partial charge in [0, 0.05) is 12.1 Å². The standard InChI is InChI=1S/C14H18N4/c1-11-5-2-3-6-12(11)13-7-8-14(18-17-13)16-10-4-9-15/h2-3,5-8H,4,9-10,15H2,1H3,(H,16,18). The third-order valence-corrected chi connectivity index (χ3v) is 2.77. The Bertz CT molecular complexity index is 493. The molecule has 2 aromatic rings. The lowest BCUT2D eigenvalue weighted by atomic mass is 10.1. The van der Waals surface area contributed by atoms with Crippen molar-refractivity contribution < 1.29 is 0 Å². The number of aryl methyl sites for hydroxylation is 1. The molecule has 0 aliphatic heterocycles. The van der Waals surface area contributed by atoms with Crippen LogP contribution in [0.15, 0.2) is 36.4 Å². The van der Waals surface area contributed by atoms with E-state index in [4.69, 9.17) is 5.73 Å². The molecule has 0 aliphatic rings. The highest BCUT2D eigenvalue weighted by Gasteiger charge is 2.03. The number of hydrogen-bond donors (Lipinski definition) is 2. The van der Waals surface area contributed by atoms with Crippen LogP contribution >= 0.6 is 0 Å². The summed E-state index contributed by atoms with van der Waals surface area (Å²) in [5.74, 6) is 0.792. The Kier molecular flexibility index (Phi) is 4.25. The minimum Gasteiger partial charge on any atom is -0.369 e. The Morgan fingerprint density at radius 2 is 1.94 bits per heavy atom. The fourth-order valence-electron chi connectivity index (χ4n) is 1.75. The summed E-state index contributed by atoms with van der Waals surface area (Å²) < 4.78 is 0. The van der Waals surface area contributed by atoms with Crippen molar-refractivity contribution in [2.75, 3.05) is 18.4 Å². The Balaban J connectivity index is 2.10. The van der Waals surface area contributed by atoms with Gasteiger partial charge in [0.25, 0.3) is 0 Å². The monoisotopic (exact) mass is 242 g/mol. The Morgan fingerprint density at radius 1 is 1.11 bits per heavy atom. The number of nitrogens with zero attached hydrogens (tertiary/aromatic N) is 2. The van der Waals surface area contributed by atoms with Gasteiger partial charge >= 0.3 is 0 Å². The molecule has 0 saturated carbocycles. The van der Waals surface area contributed by atoms with Gasteiger partial charge < -0.3 is 11.1 Å². The molecular weight excluding hydrogens is 224 g/mol. The largest absolute Gasteiger partial charge is 0.369 e. The third kappa shape index (κ3) is 3.05. The van der Waals surface area contributed by atoms with Crippen molar-refractivity contribution >= 4 is 5.82 Å². The first-order valence-electron chi connectivity index (χ1n) is 6.15. The summed E-state index contributed by atoms with van der Waals surface area (Å²) in [6.45, 7) is 3.58. The highest BCUT2D eigenvalue weighted by molar-refractivity contribution is 5.63. The minimum atomic E-state index is 0.682. The Morgan fingerprint density at radius 3 is 2.61 bits per heavy atom. The number of nitrogens with two attached hydrogens (primary N) is 1. The molecule has 0 bridgehead atoms. The van der Waals surface area contributed by atoms with Gasteiger partial charge in [-0.3, -0.25) is 0 Å². The summed E-state index contributed by atoms with van der Waals surface area (Å²) in [6, 6.07) is 12.1. The first-order valence-corrected chi connectivity index (χ1v) is 6.15. The Labute approximate surface area is 107 Å². The summed E-state index contributed by atoms with van der Waals surface area (Å²) in [5.41, 5.74) is 8.66. The fourth-order valence-corrected chi connectivity index (χ4v) is 1.75. The van der Waals surface area contributed by atoms with Crippen molar-refractivity contribution in [2.24, 2.45) is 5.73 Å². The maximum Gasteiger partial charge on any atom is 0.148 e. The molecule has 1 aromatic heterocycles. The van der Waals surface area contributed by atoms with Crippen molar-refractivity contribution in [3.8, 4) is 11.3 Å². The van der Waals surface area contributed by atoms with Crippen LogP contribution in [-0.4, -0.2) is 23.3 Å². The maximum atomic E-state index is 5.43. The van der Waals surface area contributed by atoms with E-state index in [2.05, 4.69) is 34.6 Å². The van der Waals surface area contributed by atoms with E-state index < -0.39 is 0 Å². The molecule has 18 heavy (non-hydrogen) atoms. The molecule has 0 atom stereocenters. The normalized spacial score (nSPS) is 10.3. The lowest BCUT2D eigenvalue weighted by Crippen LogP contribution is -2.09. The average molecular weight is 242 g/mol. The Hall–Kier alpha value is -1.94. The van der Waals surface area contributed by atoms with E-state index in [1.165, 1.54) is 5.56 Å². The van der Waals surface area contributed by atoms with Gasteiger partial charge in [0.15, 0.2) is 0 Å². The van der Waals surface area contributed by atoms with Crippen LogP contribution in [-0.2, 0) is 0 Å². The number of rotatable bonds is 5. The second-order valence-corrected chi connectivity index (χ2v) is 4.19. The predicted molar refractivity (Wildman–Crippen MR) is 74.4 cm³/mol. The van der Waals surface area contributed by atoms with Crippen LogP contribution in [0, 0.1) is 6.92 Å². The van der Waals surface area contributed by atoms with E-state index >= 15 is 0 Å². The fraction of sp³-hybridized carbons (Fsp3) is 0.286. The molecule has 1 aromatic carbocycles. The van der Waals surface area contributed by atoms with E-state index in [9.17, 15) is 0 Å². The zero-order valence-corrected chi connectivity index (χ0v) is 10.6. The van der Waals surface area contributed by atoms with Gasteiger partial charge in [-0.15, -0.1) is 10.2 Å². The maximum absolute atomic E-state index is 5.43. The highest BCUT2D eigenvalue weighted by Crippen LogP contribution is 2.20. The number of aromatic nitrogens is 2. The smallest absolute Gasteiger partial charge is 0.148 e. The van der Waals surface area contributed by atoms with Gasteiger partial charge in [-0.2, -0.15) is 0 Å². The van der Waals surface area contributed by atoms with Gasteiger partial charge in [0.1, 0.15) is 5.82 Å². The van der Waals surface area contributed by atoms with Crippen LogP contribution in [0.2, 0.25) is 0 Å². The molecular formula is C14H18N4. The van der Waals surface area contributed by atoms with Crippen LogP contribution in [0.4, 0.5) is 5.82 Å². The molecule has 1 heterocycles. The third-order valence-electron chi connectivity index (χ3n) is 2.77. The first kappa shape index (κ1) is 12.5. The molecule has 0 spiro atoms. The van der Waals surface area contributed by atoms with Crippen LogP contribution < -0.4 is 11.1 Å². The van der Waals surface area contributed by atoms with Gasteiger partial charge in [0.05, 0.1) is 5.69 Å². The van der Waals surface area contributed by atoms with Crippen LogP contribution in [0.25, 0.3) is 11.3 Å². The summed E-state index contributed by atoms with van der Waals surface area (Å²) in [4.78, 5) is 0.